The number of nitrogens with one attached hydrogen (secondary N) is 2. The molecule has 1 aromatic rings. The first-order chi connectivity index (χ1) is 9.58. The summed E-state index contributed by atoms with van der Waals surface area (Å²) in [6, 6.07) is 0.448. The van der Waals surface area contributed by atoms with E-state index in [0.29, 0.717) is 6.04 Å². The third-order valence-corrected chi connectivity index (χ3v) is 3.44. The molecule has 114 valence electrons. The van der Waals surface area contributed by atoms with E-state index in [9.17, 15) is 0 Å². The minimum absolute atomic E-state index is 0.448. The first-order valence-corrected chi connectivity index (χ1v) is 7.92. The van der Waals surface area contributed by atoms with Crippen LogP contribution < -0.4 is 10.6 Å². The molecule has 1 rings (SSSR count). The van der Waals surface area contributed by atoms with Crippen molar-refractivity contribution in [3.05, 3.63) is 11.9 Å². The summed E-state index contributed by atoms with van der Waals surface area (Å²) < 4.78 is 0. The number of anilines is 2. The van der Waals surface area contributed by atoms with E-state index in [1.807, 2.05) is 0 Å². The van der Waals surface area contributed by atoms with Crippen LogP contribution in [0, 0.1) is 5.92 Å². The maximum atomic E-state index is 4.41. The lowest BCUT2D eigenvalue weighted by molar-refractivity contribution is 0.520. The van der Waals surface area contributed by atoms with Gasteiger partial charge in [-0.05, 0) is 32.6 Å². The lowest BCUT2D eigenvalue weighted by Crippen LogP contribution is -2.18. The van der Waals surface area contributed by atoms with E-state index in [4.69, 9.17) is 0 Å². The van der Waals surface area contributed by atoms with Crippen molar-refractivity contribution in [1.29, 1.82) is 0 Å². The van der Waals surface area contributed by atoms with Crippen molar-refractivity contribution < 1.29 is 0 Å². The topological polar surface area (TPSA) is 49.8 Å². The van der Waals surface area contributed by atoms with Gasteiger partial charge in [-0.15, -0.1) is 0 Å². The quantitative estimate of drug-likeness (QED) is 0.714. The van der Waals surface area contributed by atoms with Gasteiger partial charge in [0.1, 0.15) is 18.0 Å². The van der Waals surface area contributed by atoms with E-state index >= 15 is 0 Å². The Bertz CT molecular complexity index is 390. The molecule has 0 spiro atoms. The maximum Gasteiger partial charge on any atom is 0.134 e. The summed E-state index contributed by atoms with van der Waals surface area (Å²) in [5, 5.41) is 6.85. The van der Waals surface area contributed by atoms with Crippen molar-refractivity contribution in [3.8, 4) is 0 Å². The zero-order chi connectivity index (χ0) is 15.0. The number of nitrogens with zero attached hydrogens (tertiary/aromatic N) is 2. The van der Waals surface area contributed by atoms with Gasteiger partial charge in [-0.2, -0.15) is 0 Å². The van der Waals surface area contributed by atoms with Gasteiger partial charge in [0, 0.05) is 18.2 Å². The van der Waals surface area contributed by atoms with E-state index < -0.39 is 0 Å². The molecule has 2 N–H and O–H groups in total. The highest BCUT2D eigenvalue weighted by atomic mass is 15.1. The molecule has 0 aliphatic rings. The second-order valence-corrected chi connectivity index (χ2v) is 5.80. The predicted molar refractivity (Wildman–Crippen MR) is 87.3 cm³/mol. The molecule has 4 nitrogen and oxygen atoms in total. The summed E-state index contributed by atoms with van der Waals surface area (Å²) in [4.78, 5) is 8.74. The molecule has 0 radical (unpaired) electrons. The van der Waals surface area contributed by atoms with Crippen molar-refractivity contribution in [2.45, 2.75) is 66.3 Å². The molecule has 1 aromatic heterocycles. The summed E-state index contributed by atoms with van der Waals surface area (Å²) >= 11 is 0. The summed E-state index contributed by atoms with van der Waals surface area (Å²) in [6.45, 7) is 11.9. The molecule has 0 saturated heterocycles. The third kappa shape index (κ3) is 5.35. The Labute approximate surface area is 123 Å². The Balaban J connectivity index is 2.64. The Hall–Kier alpha value is -1.32. The number of rotatable bonds is 9. The Kier molecular flexibility index (Phi) is 7.34. The van der Waals surface area contributed by atoms with Gasteiger partial charge >= 0.3 is 0 Å². The van der Waals surface area contributed by atoms with E-state index in [-0.39, 0.29) is 0 Å². The van der Waals surface area contributed by atoms with Gasteiger partial charge in [0.25, 0.3) is 0 Å². The molecule has 20 heavy (non-hydrogen) atoms. The molecule has 1 unspecified atom stereocenters. The highest BCUT2D eigenvalue weighted by Crippen LogP contribution is 2.22. The summed E-state index contributed by atoms with van der Waals surface area (Å²) in [7, 11) is 0. The monoisotopic (exact) mass is 278 g/mol. The minimum atomic E-state index is 0.448. The first kappa shape index (κ1) is 16.7. The molecule has 0 aliphatic heterocycles. The Morgan fingerprint density at radius 1 is 1.05 bits per heavy atom. The summed E-state index contributed by atoms with van der Waals surface area (Å²) in [5.74, 6) is 2.73. The molecule has 0 aromatic carbocycles. The first-order valence-electron chi connectivity index (χ1n) is 7.92. The van der Waals surface area contributed by atoms with Crippen LogP contribution in [0.1, 0.15) is 59.4 Å². The van der Waals surface area contributed by atoms with Crippen LogP contribution in [0.15, 0.2) is 6.33 Å². The minimum Gasteiger partial charge on any atom is -0.370 e. The zero-order valence-electron chi connectivity index (χ0n) is 13.7. The molecular weight excluding hydrogens is 248 g/mol. The van der Waals surface area contributed by atoms with Crippen molar-refractivity contribution in [2.75, 3.05) is 17.2 Å². The van der Waals surface area contributed by atoms with E-state index in [0.717, 1.165) is 30.5 Å². The zero-order valence-corrected chi connectivity index (χ0v) is 13.7. The molecule has 0 fully saturated rings. The van der Waals surface area contributed by atoms with Gasteiger partial charge in [-0.25, -0.2) is 9.97 Å². The van der Waals surface area contributed by atoms with Crippen LogP contribution in [-0.2, 0) is 6.42 Å². The Morgan fingerprint density at radius 2 is 1.75 bits per heavy atom. The second-order valence-electron chi connectivity index (χ2n) is 5.80. The van der Waals surface area contributed by atoms with E-state index in [1.54, 1.807) is 6.33 Å². The summed E-state index contributed by atoms with van der Waals surface area (Å²) in [6.07, 6.45) is 6.31. The largest absolute Gasteiger partial charge is 0.370 e. The van der Waals surface area contributed by atoms with Gasteiger partial charge in [0.15, 0.2) is 0 Å². The van der Waals surface area contributed by atoms with Gasteiger partial charge in [0.05, 0.1) is 0 Å². The fraction of sp³-hybridized carbons (Fsp3) is 0.750. The molecule has 4 heteroatoms. The predicted octanol–water partition coefficient (Wildman–Crippen LogP) is 4.10. The smallest absolute Gasteiger partial charge is 0.134 e. The maximum absolute atomic E-state index is 4.41. The number of hydrogen-bond acceptors (Lipinski definition) is 4. The van der Waals surface area contributed by atoms with Gasteiger partial charge < -0.3 is 10.6 Å². The molecular formula is C16H30N4. The van der Waals surface area contributed by atoms with Gasteiger partial charge in [-0.1, -0.05) is 33.6 Å². The van der Waals surface area contributed by atoms with Gasteiger partial charge in [-0.3, -0.25) is 0 Å². The highest BCUT2D eigenvalue weighted by molar-refractivity contribution is 5.57. The van der Waals surface area contributed by atoms with Crippen LogP contribution in [0.3, 0.4) is 0 Å². The van der Waals surface area contributed by atoms with Crippen LogP contribution in [-0.4, -0.2) is 22.6 Å². The van der Waals surface area contributed by atoms with Crippen molar-refractivity contribution in [1.82, 2.24) is 9.97 Å². The lowest BCUT2D eigenvalue weighted by atomic mass is 10.0. The Morgan fingerprint density at radius 3 is 2.35 bits per heavy atom. The molecule has 1 heterocycles. The van der Waals surface area contributed by atoms with E-state index in [1.165, 1.54) is 24.8 Å². The van der Waals surface area contributed by atoms with Crippen LogP contribution in [0.2, 0.25) is 0 Å². The fourth-order valence-corrected chi connectivity index (χ4v) is 2.33. The molecule has 0 bridgehead atoms. The van der Waals surface area contributed by atoms with Crippen LogP contribution >= 0.6 is 0 Å². The van der Waals surface area contributed by atoms with Crippen molar-refractivity contribution in [2.24, 2.45) is 5.92 Å². The average Bonchev–Trinajstić information content (AvgIpc) is 2.39. The molecule has 0 saturated carbocycles. The normalized spacial score (nSPS) is 12.5. The fourth-order valence-electron chi connectivity index (χ4n) is 2.33. The molecule has 1 atom stereocenters. The lowest BCUT2D eigenvalue weighted by Gasteiger charge is -2.18. The SMILES string of the molecule is CCNc1ncnc(NC(C)CCCC(C)C)c1CC. The second kappa shape index (κ2) is 8.77. The highest BCUT2D eigenvalue weighted by Gasteiger charge is 2.11. The van der Waals surface area contributed by atoms with Crippen LogP contribution in [0.5, 0.6) is 0 Å². The van der Waals surface area contributed by atoms with Gasteiger partial charge in [0.2, 0.25) is 0 Å². The number of hydrogen-bond donors (Lipinski definition) is 2. The van der Waals surface area contributed by atoms with Crippen molar-refractivity contribution >= 4 is 11.6 Å². The molecule has 0 aliphatic carbocycles. The third-order valence-electron chi connectivity index (χ3n) is 3.44. The van der Waals surface area contributed by atoms with Crippen molar-refractivity contribution in [3.63, 3.8) is 0 Å². The standard InChI is InChI=1S/C16H30N4/c1-6-14-15(17-7-2)18-11-19-16(14)20-13(5)10-8-9-12(3)4/h11-13H,6-10H2,1-5H3,(H2,17,18,19,20). The molecule has 0 amide bonds. The average molecular weight is 278 g/mol. The summed E-state index contributed by atoms with van der Waals surface area (Å²) in [5.41, 5.74) is 1.19. The number of aromatic nitrogens is 2. The van der Waals surface area contributed by atoms with Crippen LogP contribution in [0.25, 0.3) is 0 Å². The van der Waals surface area contributed by atoms with Crippen LogP contribution in [0.4, 0.5) is 11.6 Å². The van der Waals surface area contributed by atoms with E-state index in [2.05, 4.69) is 55.2 Å².